The van der Waals surface area contributed by atoms with Crippen molar-refractivity contribution in [2.24, 2.45) is 0 Å². The fraction of sp³-hybridized carbons (Fsp3) is 0.357. The van der Waals surface area contributed by atoms with Crippen LogP contribution in [0.15, 0.2) is 24.7 Å². The first kappa shape index (κ1) is 12.0. The Labute approximate surface area is 120 Å². The molecule has 0 spiro atoms. The summed E-state index contributed by atoms with van der Waals surface area (Å²) < 4.78 is 6.70. The third-order valence-corrected chi connectivity index (χ3v) is 4.66. The predicted octanol–water partition coefficient (Wildman–Crippen LogP) is 2.83. The van der Waals surface area contributed by atoms with Crippen molar-refractivity contribution in [3.8, 4) is 0 Å². The van der Waals surface area contributed by atoms with E-state index in [4.69, 9.17) is 4.74 Å². The van der Waals surface area contributed by atoms with Gasteiger partial charge in [0.25, 0.3) is 0 Å². The van der Waals surface area contributed by atoms with E-state index in [2.05, 4.69) is 26.3 Å². The van der Waals surface area contributed by atoms with Crippen LogP contribution in [-0.2, 0) is 4.74 Å². The molecule has 0 amide bonds. The zero-order chi connectivity index (χ0) is 13.4. The van der Waals surface area contributed by atoms with Gasteiger partial charge in [-0.2, -0.15) is 0 Å². The molecule has 0 aliphatic carbocycles. The molecule has 4 heterocycles. The molecule has 1 saturated heterocycles. The molecule has 1 aliphatic rings. The van der Waals surface area contributed by atoms with Gasteiger partial charge >= 0.3 is 0 Å². The maximum absolute atomic E-state index is 5.63. The molecule has 0 bridgehead atoms. The van der Waals surface area contributed by atoms with Crippen molar-refractivity contribution < 1.29 is 4.74 Å². The van der Waals surface area contributed by atoms with Crippen molar-refractivity contribution in [3.63, 3.8) is 0 Å². The van der Waals surface area contributed by atoms with Crippen LogP contribution in [0, 0.1) is 0 Å². The minimum absolute atomic E-state index is 0.299. The normalized spacial score (nSPS) is 18.9. The number of aromatic nitrogens is 3. The lowest BCUT2D eigenvalue weighted by Crippen LogP contribution is -2.18. The van der Waals surface area contributed by atoms with Gasteiger partial charge in [0, 0.05) is 24.7 Å². The molecular weight excluding hydrogens is 272 g/mol. The minimum atomic E-state index is 0.299. The molecular formula is C14H14N4OS. The molecule has 5 nitrogen and oxygen atoms in total. The number of rotatable bonds is 3. The maximum atomic E-state index is 5.63. The standard InChI is InChI=1S/C14H14N4OS/c1-4-10-11-12(20-14(10)15-5-1)13(18-8-17-11)16-7-9-3-2-6-19-9/h1,4-5,8-9H,2-3,6-7H2,(H,16,17,18). The Balaban J connectivity index is 1.71. The van der Waals surface area contributed by atoms with Gasteiger partial charge in [0.05, 0.1) is 16.3 Å². The van der Waals surface area contributed by atoms with Crippen LogP contribution in [0.2, 0.25) is 0 Å². The van der Waals surface area contributed by atoms with Crippen LogP contribution in [0.25, 0.3) is 20.4 Å². The monoisotopic (exact) mass is 286 g/mol. The number of hydrogen-bond acceptors (Lipinski definition) is 6. The summed E-state index contributed by atoms with van der Waals surface area (Å²) in [5.41, 5.74) is 0.975. The van der Waals surface area contributed by atoms with E-state index in [-0.39, 0.29) is 0 Å². The van der Waals surface area contributed by atoms with Gasteiger partial charge < -0.3 is 10.1 Å². The van der Waals surface area contributed by atoms with Crippen LogP contribution in [0.1, 0.15) is 12.8 Å². The van der Waals surface area contributed by atoms with Gasteiger partial charge in [0.15, 0.2) is 0 Å². The smallest absolute Gasteiger partial charge is 0.147 e. The third-order valence-electron chi connectivity index (χ3n) is 3.55. The van der Waals surface area contributed by atoms with E-state index in [0.717, 1.165) is 52.2 Å². The molecule has 20 heavy (non-hydrogen) atoms. The van der Waals surface area contributed by atoms with E-state index in [0.29, 0.717) is 6.10 Å². The molecule has 102 valence electrons. The fourth-order valence-corrected chi connectivity index (χ4v) is 3.62. The number of ether oxygens (including phenoxy) is 1. The molecule has 1 N–H and O–H groups in total. The van der Waals surface area contributed by atoms with Crippen LogP contribution in [0.5, 0.6) is 0 Å². The highest BCUT2D eigenvalue weighted by Crippen LogP contribution is 2.34. The van der Waals surface area contributed by atoms with E-state index in [1.165, 1.54) is 0 Å². The number of nitrogens with one attached hydrogen (secondary N) is 1. The summed E-state index contributed by atoms with van der Waals surface area (Å²) in [5, 5.41) is 4.49. The number of nitrogens with zero attached hydrogens (tertiary/aromatic N) is 3. The summed E-state index contributed by atoms with van der Waals surface area (Å²) in [5.74, 6) is 0.883. The van der Waals surface area contributed by atoms with E-state index in [1.54, 1.807) is 17.7 Å². The summed E-state index contributed by atoms with van der Waals surface area (Å²) in [6, 6.07) is 3.99. The third kappa shape index (κ3) is 2.01. The lowest BCUT2D eigenvalue weighted by Gasteiger charge is -2.11. The Morgan fingerprint density at radius 1 is 1.35 bits per heavy atom. The Morgan fingerprint density at radius 2 is 2.35 bits per heavy atom. The highest BCUT2D eigenvalue weighted by atomic mass is 32.1. The second-order valence-electron chi connectivity index (χ2n) is 4.87. The molecule has 1 fully saturated rings. The van der Waals surface area contributed by atoms with Gasteiger partial charge in [-0.15, -0.1) is 11.3 Å². The van der Waals surface area contributed by atoms with Crippen LogP contribution >= 0.6 is 11.3 Å². The summed E-state index contributed by atoms with van der Waals surface area (Å²) in [6.45, 7) is 1.67. The largest absolute Gasteiger partial charge is 0.376 e. The number of fused-ring (bicyclic) bond motifs is 3. The number of pyridine rings is 1. The Kier molecular flexibility index (Phi) is 2.97. The minimum Gasteiger partial charge on any atom is -0.376 e. The molecule has 3 aromatic rings. The van der Waals surface area contributed by atoms with E-state index >= 15 is 0 Å². The number of hydrogen-bond donors (Lipinski definition) is 1. The molecule has 0 radical (unpaired) electrons. The number of anilines is 1. The first-order valence-electron chi connectivity index (χ1n) is 6.75. The van der Waals surface area contributed by atoms with Crippen LogP contribution in [0.3, 0.4) is 0 Å². The van der Waals surface area contributed by atoms with Gasteiger partial charge in [-0.1, -0.05) is 0 Å². The Morgan fingerprint density at radius 3 is 3.25 bits per heavy atom. The summed E-state index contributed by atoms with van der Waals surface area (Å²) >= 11 is 1.63. The van der Waals surface area contributed by atoms with Crippen LogP contribution < -0.4 is 5.32 Å². The average Bonchev–Trinajstić information content (AvgIpc) is 3.12. The van der Waals surface area contributed by atoms with Gasteiger partial charge in [-0.25, -0.2) is 15.0 Å². The maximum Gasteiger partial charge on any atom is 0.147 e. The van der Waals surface area contributed by atoms with Gasteiger partial charge in [0.1, 0.15) is 17.0 Å². The highest BCUT2D eigenvalue weighted by Gasteiger charge is 2.17. The second kappa shape index (κ2) is 4.96. The van der Waals surface area contributed by atoms with E-state index < -0.39 is 0 Å². The van der Waals surface area contributed by atoms with Crippen molar-refractivity contribution >= 4 is 37.6 Å². The number of thiophene rings is 1. The molecule has 1 unspecified atom stereocenters. The lowest BCUT2D eigenvalue weighted by molar-refractivity contribution is 0.120. The fourth-order valence-electron chi connectivity index (χ4n) is 2.55. The van der Waals surface area contributed by atoms with Gasteiger partial charge in [0.2, 0.25) is 0 Å². The first-order valence-corrected chi connectivity index (χ1v) is 7.57. The van der Waals surface area contributed by atoms with Crippen molar-refractivity contribution in [1.82, 2.24) is 15.0 Å². The molecule has 6 heteroatoms. The second-order valence-corrected chi connectivity index (χ2v) is 5.87. The first-order chi connectivity index (χ1) is 9.92. The average molecular weight is 286 g/mol. The van der Waals surface area contributed by atoms with Crippen molar-refractivity contribution in [1.29, 1.82) is 0 Å². The Hall–Kier alpha value is -1.79. The van der Waals surface area contributed by atoms with Crippen molar-refractivity contribution in [2.45, 2.75) is 18.9 Å². The Bertz CT molecular complexity index is 751. The van der Waals surface area contributed by atoms with Gasteiger partial charge in [-0.05, 0) is 25.0 Å². The zero-order valence-corrected chi connectivity index (χ0v) is 11.7. The molecule has 0 aromatic carbocycles. The van der Waals surface area contributed by atoms with Crippen molar-refractivity contribution in [3.05, 3.63) is 24.7 Å². The van der Waals surface area contributed by atoms with Crippen molar-refractivity contribution in [2.75, 3.05) is 18.5 Å². The summed E-state index contributed by atoms with van der Waals surface area (Å²) in [4.78, 5) is 14.2. The van der Waals surface area contributed by atoms with E-state index in [9.17, 15) is 0 Å². The van der Waals surface area contributed by atoms with E-state index in [1.807, 2.05) is 12.3 Å². The molecule has 1 aliphatic heterocycles. The van der Waals surface area contributed by atoms with Crippen LogP contribution in [-0.4, -0.2) is 34.2 Å². The topological polar surface area (TPSA) is 59.9 Å². The molecule has 3 aromatic heterocycles. The molecule has 4 rings (SSSR count). The highest BCUT2D eigenvalue weighted by molar-refractivity contribution is 7.25. The lowest BCUT2D eigenvalue weighted by atomic mass is 10.2. The molecule has 0 saturated carbocycles. The SMILES string of the molecule is c1cnc2sc3c(NCC4CCCO4)ncnc3c2c1. The zero-order valence-electron chi connectivity index (χ0n) is 10.9. The predicted molar refractivity (Wildman–Crippen MR) is 80.2 cm³/mol. The summed E-state index contributed by atoms with van der Waals surface area (Å²) in [7, 11) is 0. The van der Waals surface area contributed by atoms with Gasteiger partial charge in [-0.3, -0.25) is 0 Å². The summed E-state index contributed by atoms with van der Waals surface area (Å²) in [6.07, 6.45) is 5.99. The van der Waals surface area contributed by atoms with Crippen LogP contribution in [0.4, 0.5) is 5.82 Å². The molecule has 1 atom stereocenters. The quantitative estimate of drug-likeness (QED) is 0.802.